The largest absolute Gasteiger partial charge is 0.411 e. The van der Waals surface area contributed by atoms with Crippen LogP contribution in [0.4, 0.5) is 10.1 Å². The number of pyridine rings is 1. The molecule has 0 atom stereocenters. The zero-order chi connectivity index (χ0) is 16.9. The molecule has 2 aromatic heterocycles. The van der Waals surface area contributed by atoms with Gasteiger partial charge in [0, 0.05) is 25.1 Å². The lowest BCUT2D eigenvalue weighted by molar-refractivity contribution is -0.115. The van der Waals surface area contributed by atoms with E-state index in [4.69, 9.17) is 4.42 Å². The number of carbonyl (C=O) groups is 1. The summed E-state index contributed by atoms with van der Waals surface area (Å²) in [6, 6.07) is 9.29. The first-order valence-electron chi connectivity index (χ1n) is 7.02. The van der Waals surface area contributed by atoms with E-state index in [1.807, 2.05) is 6.07 Å². The van der Waals surface area contributed by atoms with Gasteiger partial charge in [-0.05, 0) is 36.4 Å². The van der Waals surface area contributed by atoms with Crippen LogP contribution in [0.2, 0.25) is 0 Å². The molecule has 3 rings (SSSR count). The second-order valence-electron chi connectivity index (χ2n) is 4.83. The van der Waals surface area contributed by atoms with E-state index in [1.165, 1.54) is 17.0 Å². The number of anilines is 1. The van der Waals surface area contributed by atoms with Crippen molar-refractivity contribution in [3.63, 3.8) is 0 Å². The fourth-order valence-electron chi connectivity index (χ4n) is 1.90. The van der Waals surface area contributed by atoms with Gasteiger partial charge in [0.15, 0.2) is 0 Å². The Balaban J connectivity index is 1.60. The van der Waals surface area contributed by atoms with Gasteiger partial charge in [-0.25, -0.2) is 4.39 Å². The smallest absolute Gasteiger partial charge is 0.277 e. The summed E-state index contributed by atoms with van der Waals surface area (Å²) < 4.78 is 18.4. The maximum absolute atomic E-state index is 12.9. The Kier molecular flexibility index (Phi) is 4.85. The van der Waals surface area contributed by atoms with E-state index in [9.17, 15) is 9.18 Å². The molecule has 0 spiro atoms. The van der Waals surface area contributed by atoms with Gasteiger partial charge in [0.25, 0.3) is 5.22 Å². The molecule has 6 nitrogen and oxygen atoms in total. The van der Waals surface area contributed by atoms with Gasteiger partial charge in [0.05, 0.1) is 11.3 Å². The SMILES string of the molecule is CN(C(=O)CSc1nnc(-c2cccnc2)o1)c1ccc(F)cc1. The molecule has 0 saturated carbocycles. The average molecular weight is 344 g/mol. The Morgan fingerprint density at radius 2 is 2.04 bits per heavy atom. The number of amides is 1. The van der Waals surface area contributed by atoms with Crippen LogP contribution < -0.4 is 4.90 Å². The van der Waals surface area contributed by atoms with Crippen molar-refractivity contribution in [1.29, 1.82) is 0 Å². The fraction of sp³-hybridized carbons (Fsp3) is 0.125. The van der Waals surface area contributed by atoms with Gasteiger partial charge in [-0.2, -0.15) is 0 Å². The number of benzene rings is 1. The zero-order valence-corrected chi connectivity index (χ0v) is 13.5. The lowest BCUT2D eigenvalue weighted by Crippen LogP contribution is -2.27. The van der Waals surface area contributed by atoms with Crippen LogP contribution in [-0.4, -0.2) is 33.9 Å². The summed E-state index contributed by atoms with van der Waals surface area (Å²) in [5, 5.41) is 8.14. The summed E-state index contributed by atoms with van der Waals surface area (Å²) in [6.45, 7) is 0. The average Bonchev–Trinajstić information content (AvgIpc) is 3.09. The van der Waals surface area contributed by atoms with E-state index in [2.05, 4.69) is 15.2 Å². The van der Waals surface area contributed by atoms with Crippen LogP contribution in [0, 0.1) is 5.82 Å². The monoisotopic (exact) mass is 344 g/mol. The van der Waals surface area contributed by atoms with Gasteiger partial charge in [0.2, 0.25) is 11.8 Å². The summed E-state index contributed by atoms with van der Waals surface area (Å²) in [4.78, 5) is 17.6. The molecule has 1 aromatic carbocycles. The van der Waals surface area contributed by atoms with Gasteiger partial charge >= 0.3 is 0 Å². The number of aromatic nitrogens is 3. The van der Waals surface area contributed by atoms with Crippen molar-refractivity contribution in [2.75, 3.05) is 17.7 Å². The predicted molar refractivity (Wildman–Crippen MR) is 88.1 cm³/mol. The van der Waals surface area contributed by atoms with Gasteiger partial charge in [-0.15, -0.1) is 10.2 Å². The number of rotatable bonds is 5. The molecule has 24 heavy (non-hydrogen) atoms. The first-order valence-corrected chi connectivity index (χ1v) is 8.01. The van der Waals surface area contributed by atoms with Crippen molar-refractivity contribution >= 4 is 23.4 Å². The van der Waals surface area contributed by atoms with E-state index in [0.29, 0.717) is 22.4 Å². The van der Waals surface area contributed by atoms with E-state index in [1.54, 1.807) is 37.6 Å². The van der Waals surface area contributed by atoms with Crippen LogP contribution in [0.25, 0.3) is 11.5 Å². The fourth-order valence-corrected chi connectivity index (χ4v) is 2.58. The van der Waals surface area contributed by atoms with Crippen LogP contribution in [0.5, 0.6) is 0 Å². The summed E-state index contributed by atoms with van der Waals surface area (Å²) >= 11 is 1.14. The van der Waals surface area contributed by atoms with Gasteiger partial charge < -0.3 is 9.32 Å². The molecule has 0 radical (unpaired) electrons. The number of carbonyl (C=O) groups excluding carboxylic acids is 1. The van der Waals surface area contributed by atoms with Crippen LogP contribution in [0.1, 0.15) is 0 Å². The first kappa shape index (κ1) is 16.1. The second-order valence-corrected chi connectivity index (χ2v) is 5.76. The molecule has 0 saturated heterocycles. The van der Waals surface area contributed by atoms with E-state index < -0.39 is 0 Å². The molecule has 0 aliphatic rings. The molecule has 0 aliphatic heterocycles. The van der Waals surface area contributed by atoms with Crippen LogP contribution in [0.15, 0.2) is 58.4 Å². The minimum Gasteiger partial charge on any atom is -0.411 e. The number of halogens is 1. The highest BCUT2D eigenvalue weighted by atomic mass is 32.2. The molecule has 0 fully saturated rings. The molecular formula is C16H13FN4O2S. The zero-order valence-electron chi connectivity index (χ0n) is 12.7. The number of thioether (sulfide) groups is 1. The van der Waals surface area contributed by atoms with E-state index >= 15 is 0 Å². The lowest BCUT2D eigenvalue weighted by atomic mass is 10.3. The molecule has 1 amide bonds. The van der Waals surface area contributed by atoms with Crippen LogP contribution >= 0.6 is 11.8 Å². The molecular weight excluding hydrogens is 331 g/mol. The second kappa shape index (κ2) is 7.22. The van der Waals surface area contributed by atoms with Gasteiger partial charge in [-0.3, -0.25) is 9.78 Å². The molecule has 2 heterocycles. The molecule has 8 heteroatoms. The Labute approximate surface area is 141 Å². The maximum atomic E-state index is 12.9. The molecule has 3 aromatic rings. The highest BCUT2D eigenvalue weighted by Crippen LogP contribution is 2.23. The molecule has 0 bridgehead atoms. The lowest BCUT2D eigenvalue weighted by Gasteiger charge is -2.16. The predicted octanol–water partition coefficient (Wildman–Crippen LogP) is 3.03. The number of hydrogen-bond donors (Lipinski definition) is 0. The molecule has 0 aliphatic carbocycles. The molecule has 0 N–H and O–H groups in total. The molecule has 122 valence electrons. The third kappa shape index (κ3) is 3.77. The standard InChI is InChI=1S/C16H13FN4O2S/c1-21(13-6-4-12(17)5-7-13)14(22)10-24-16-20-19-15(23-16)11-3-2-8-18-9-11/h2-9H,10H2,1H3. The minimum absolute atomic E-state index is 0.128. The Hall–Kier alpha value is -2.74. The minimum atomic E-state index is -0.345. The quantitative estimate of drug-likeness (QED) is 0.663. The van der Waals surface area contributed by atoms with E-state index in [0.717, 1.165) is 11.8 Å². The highest BCUT2D eigenvalue weighted by Gasteiger charge is 2.15. The van der Waals surface area contributed by atoms with Crippen LogP contribution in [-0.2, 0) is 4.79 Å². The summed E-state index contributed by atoms with van der Waals surface area (Å²) in [7, 11) is 1.63. The van der Waals surface area contributed by atoms with Crippen molar-refractivity contribution < 1.29 is 13.6 Å². The first-order chi connectivity index (χ1) is 11.6. The number of hydrogen-bond acceptors (Lipinski definition) is 6. The Morgan fingerprint density at radius 1 is 1.25 bits per heavy atom. The summed E-state index contributed by atoms with van der Waals surface area (Å²) in [5.41, 5.74) is 1.33. The van der Waals surface area contributed by atoms with Crippen molar-refractivity contribution in [2.45, 2.75) is 5.22 Å². The normalized spacial score (nSPS) is 10.6. The van der Waals surface area contributed by atoms with Crippen molar-refractivity contribution in [3.05, 3.63) is 54.6 Å². The van der Waals surface area contributed by atoms with Crippen molar-refractivity contribution in [3.8, 4) is 11.5 Å². The number of nitrogens with zero attached hydrogens (tertiary/aromatic N) is 4. The summed E-state index contributed by atoms with van der Waals surface area (Å²) in [6.07, 6.45) is 3.27. The Morgan fingerprint density at radius 3 is 2.75 bits per heavy atom. The highest BCUT2D eigenvalue weighted by molar-refractivity contribution is 7.99. The molecule has 0 unspecified atom stereocenters. The van der Waals surface area contributed by atoms with Crippen molar-refractivity contribution in [1.82, 2.24) is 15.2 Å². The topological polar surface area (TPSA) is 72.1 Å². The summed E-state index contributed by atoms with van der Waals surface area (Å²) in [5.74, 6) is -0.0248. The maximum Gasteiger partial charge on any atom is 0.277 e. The van der Waals surface area contributed by atoms with Crippen molar-refractivity contribution in [2.24, 2.45) is 0 Å². The third-order valence-corrected chi connectivity index (χ3v) is 4.03. The van der Waals surface area contributed by atoms with Gasteiger partial charge in [0.1, 0.15) is 5.82 Å². The third-order valence-electron chi connectivity index (χ3n) is 3.22. The van der Waals surface area contributed by atoms with Gasteiger partial charge in [-0.1, -0.05) is 11.8 Å². The Bertz CT molecular complexity index is 824. The van der Waals surface area contributed by atoms with E-state index in [-0.39, 0.29) is 17.5 Å². The van der Waals surface area contributed by atoms with Crippen LogP contribution in [0.3, 0.4) is 0 Å².